The van der Waals surface area contributed by atoms with Gasteiger partial charge in [0.1, 0.15) is 0 Å². The van der Waals surface area contributed by atoms with Gasteiger partial charge in [-0.1, -0.05) is 58.3 Å². The number of rotatable bonds is 16. The maximum Gasteiger partial charge on any atom is 0.321 e. The molecular weight excluding hydrogens is 344 g/mol. The molecule has 0 aliphatic rings. The normalized spacial score (nSPS) is 12.5. The first kappa shape index (κ1) is 23.9. The molecule has 0 saturated carbocycles. The Hall–Kier alpha value is -2.12. The van der Waals surface area contributed by atoms with Gasteiger partial charge in [0.15, 0.2) is 5.41 Å². The second-order valence-electron chi connectivity index (χ2n) is 6.63. The molecule has 0 bridgehead atoms. The van der Waals surface area contributed by atoms with E-state index in [2.05, 4.69) is 6.92 Å². The monoisotopic (exact) mass is 374 g/mol. The van der Waals surface area contributed by atoms with Crippen molar-refractivity contribution < 1.29 is 39.6 Å². The molecular formula is C18H30O8. The summed E-state index contributed by atoms with van der Waals surface area (Å²) in [6, 6.07) is 0. The highest BCUT2D eigenvalue weighted by molar-refractivity contribution is 6.02. The van der Waals surface area contributed by atoms with E-state index < -0.39 is 48.1 Å². The molecule has 8 nitrogen and oxygen atoms in total. The Balaban J connectivity index is 4.91. The van der Waals surface area contributed by atoms with Crippen molar-refractivity contribution in [1.82, 2.24) is 0 Å². The lowest BCUT2D eigenvalue weighted by molar-refractivity contribution is -0.177. The summed E-state index contributed by atoms with van der Waals surface area (Å²) in [4.78, 5) is 45.6. The average Bonchev–Trinajstić information content (AvgIpc) is 2.54. The predicted octanol–water partition coefficient (Wildman–Crippen LogP) is 3.24. The Morgan fingerprint density at radius 2 is 1.23 bits per heavy atom. The Morgan fingerprint density at radius 1 is 0.769 bits per heavy atom. The highest BCUT2D eigenvalue weighted by atomic mass is 16.4. The lowest BCUT2D eigenvalue weighted by atomic mass is 9.69. The third-order valence-corrected chi connectivity index (χ3v) is 4.74. The minimum atomic E-state index is -2.63. The van der Waals surface area contributed by atoms with Crippen molar-refractivity contribution >= 4 is 23.9 Å². The number of unbranched alkanes of at least 4 members (excludes halogenated alkanes) is 7. The van der Waals surface area contributed by atoms with Crippen LogP contribution in [0.15, 0.2) is 0 Å². The molecule has 0 fully saturated rings. The molecule has 0 aliphatic carbocycles. The van der Waals surface area contributed by atoms with Gasteiger partial charge >= 0.3 is 23.9 Å². The van der Waals surface area contributed by atoms with Crippen LogP contribution in [0.5, 0.6) is 0 Å². The number of aliphatic carboxylic acids is 4. The molecule has 0 aromatic heterocycles. The zero-order valence-electron chi connectivity index (χ0n) is 15.3. The second kappa shape index (κ2) is 12.3. The molecule has 4 N–H and O–H groups in total. The van der Waals surface area contributed by atoms with E-state index >= 15 is 0 Å². The molecule has 0 aromatic rings. The van der Waals surface area contributed by atoms with Crippen molar-refractivity contribution in [2.75, 3.05) is 0 Å². The van der Waals surface area contributed by atoms with E-state index in [0.29, 0.717) is 12.8 Å². The molecule has 1 atom stereocenters. The minimum Gasteiger partial charge on any atom is -0.481 e. The van der Waals surface area contributed by atoms with Gasteiger partial charge in [-0.3, -0.25) is 19.2 Å². The van der Waals surface area contributed by atoms with Crippen LogP contribution < -0.4 is 0 Å². The van der Waals surface area contributed by atoms with Crippen LogP contribution >= 0.6 is 0 Å². The maximum absolute atomic E-state index is 11.6. The van der Waals surface area contributed by atoms with Gasteiger partial charge in [-0.25, -0.2) is 0 Å². The van der Waals surface area contributed by atoms with E-state index in [9.17, 15) is 34.5 Å². The molecule has 0 amide bonds. The van der Waals surface area contributed by atoms with Gasteiger partial charge in [0.05, 0.1) is 5.92 Å². The van der Waals surface area contributed by atoms with Crippen LogP contribution in [0.1, 0.15) is 77.6 Å². The summed E-state index contributed by atoms with van der Waals surface area (Å²) >= 11 is 0. The van der Waals surface area contributed by atoms with Gasteiger partial charge in [-0.15, -0.1) is 0 Å². The van der Waals surface area contributed by atoms with E-state index in [4.69, 9.17) is 5.11 Å². The molecule has 0 radical (unpaired) electrons. The number of hydrogen-bond donors (Lipinski definition) is 4. The van der Waals surface area contributed by atoms with E-state index in [1.54, 1.807) is 0 Å². The summed E-state index contributed by atoms with van der Waals surface area (Å²) in [5.41, 5.74) is -2.63. The molecule has 0 aliphatic heterocycles. The van der Waals surface area contributed by atoms with Crippen molar-refractivity contribution in [2.24, 2.45) is 11.3 Å². The smallest absolute Gasteiger partial charge is 0.321 e. The van der Waals surface area contributed by atoms with Gasteiger partial charge in [-0.05, 0) is 12.8 Å². The molecule has 1 unspecified atom stereocenters. The first-order valence-corrected chi connectivity index (χ1v) is 9.11. The summed E-state index contributed by atoms with van der Waals surface area (Å²) in [6.07, 6.45) is 5.90. The number of carboxylic acid groups (broad SMARTS) is 4. The SMILES string of the molecule is CCCCCCCCCCC(C(=O)O)C(CCC(=O)O)(C(=O)O)C(=O)O. The zero-order chi connectivity index (χ0) is 20.2. The molecule has 150 valence electrons. The van der Waals surface area contributed by atoms with Crippen LogP contribution in [0.4, 0.5) is 0 Å². The Bertz CT molecular complexity index is 472. The van der Waals surface area contributed by atoms with Gasteiger partial charge in [0, 0.05) is 6.42 Å². The molecule has 8 heteroatoms. The van der Waals surface area contributed by atoms with E-state index in [1.165, 1.54) is 6.42 Å². The van der Waals surface area contributed by atoms with Crippen molar-refractivity contribution in [3.8, 4) is 0 Å². The molecule has 0 heterocycles. The fourth-order valence-electron chi connectivity index (χ4n) is 3.14. The first-order valence-electron chi connectivity index (χ1n) is 9.11. The van der Waals surface area contributed by atoms with Gasteiger partial charge < -0.3 is 20.4 Å². The fraction of sp³-hybridized carbons (Fsp3) is 0.778. The molecule has 0 aromatic carbocycles. The molecule has 26 heavy (non-hydrogen) atoms. The van der Waals surface area contributed by atoms with Gasteiger partial charge in [0.25, 0.3) is 0 Å². The first-order chi connectivity index (χ1) is 12.2. The highest BCUT2D eigenvalue weighted by Crippen LogP contribution is 2.38. The van der Waals surface area contributed by atoms with Crippen LogP contribution in [0.2, 0.25) is 0 Å². The van der Waals surface area contributed by atoms with Crippen molar-refractivity contribution in [3.63, 3.8) is 0 Å². The summed E-state index contributed by atoms with van der Waals surface area (Å²) in [5.74, 6) is -8.18. The quantitative estimate of drug-likeness (QED) is 0.237. The van der Waals surface area contributed by atoms with Crippen LogP contribution in [0.3, 0.4) is 0 Å². The summed E-state index contributed by atoms with van der Waals surface area (Å²) in [7, 11) is 0. The number of carboxylic acids is 4. The maximum atomic E-state index is 11.6. The molecule has 0 rings (SSSR count). The predicted molar refractivity (Wildman–Crippen MR) is 92.9 cm³/mol. The molecule has 0 spiro atoms. The Kier molecular flexibility index (Phi) is 11.3. The van der Waals surface area contributed by atoms with Crippen LogP contribution in [-0.2, 0) is 19.2 Å². The minimum absolute atomic E-state index is 0.109. The van der Waals surface area contributed by atoms with Gasteiger partial charge in [-0.2, -0.15) is 0 Å². The van der Waals surface area contributed by atoms with E-state index in [1.807, 2.05) is 0 Å². The van der Waals surface area contributed by atoms with Crippen molar-refractivity contribution in [1.29, 1.82) is 0 Å². The van der Waals surface area contributed by atoms with E-state index in [0.717, 1.165) is 32.1 Å². The lowest BCUT2D eigenvalue weighted by Gasteiger charge is -2.30. The standard InChI is InChI=1S/C18H30O8/c1-2-3-4-5-6-7-8-9-10-13(15(21)22)18(16(23)24,17(25)26)12-11-14(19)20/h13H,2-12H2,1H3,(H,19,20)(H,21,22)(H,23,24)(H,25,26). The third-order valence-electron chi connectivity index (χ3n) is 4.74. The number of hydrogen-bond acceptors (Lipinski definition) is 4. The van der Waals surface area contributed by atoms with Crippen molar-refractivity contribution in [2.45, 2.75) is 77.6 Å². The summed E-state index contributed by atoms with van der Waals surface area (Å²) in [5, 5.41) is 37.0. The van der Waals surface area contributed by atoms with Gasteiger partial charge in [0.2, 0.25) is 0 Å². The summed E-state index contributed by atoms with van der Waals surface area (Å²) in [6.45, 7) is 2.12. The summed E-state index contributed by atoms with van der Waals surface area (Å²) < 4.78 is 0. The van der Waals surface area contributed by atoms with Crippen LogP contribution in [-0.4, -0.2) is 44.3 Å². The Labute approximate surface area is 153 Å². The van der Waals surface area contributed by atoms with Crippen LogP contribution in [0.25, 0.3) is 0 Å². The molecule has 0 saturated heterocycles. The zero-order valence-corrected chi connectivity index (χ0v) is 15.3. The number of carbonyl (C=O) groups is 4. The van der Waals surface area contributed by atoms with Crippen LogP contribution in [0, 0.1) is 11.3 Å². The topological polar surface area (TPSA) is 149 Å². The van der Waals surface area contributed by atoms with Crippen molar-refractivity contribution in [3.05, 3.63) is 0 Å². The second-order valence-corrected chi connectivity index (χ2v) is 6.63. The average molecular weight is 374 g/mol. The Morgan fingerprint density at radius 3 is 1.62 bits per heavy atom. The fourth-order valence-corrected chi connectivity index (χ4v) is 3.14. The third kappa shape index (κ3) is 7.41. The lowest BCUT2D eigenvalue weighted by Crippen LogP contribution is -2.49. The van der Waals surface area contributed by atoms with E-state index in [-0.39, 0.29) is 6.42 Å². The highest BCUT2D eigenvalue weighted by Gasteiger charge is 2.55. The largest absolute Gasteiger partial charge is 0.481 e.